The Morgan fingerprint density at radius 3 is 2.79 bits per heavy atom. The van der Waals surface area contributed by atoms with Crippen LogP contribution in [0.15, 0.2) is 30.3 Å². The molecule has 0 spiro atoms. The number of ether oxygens (including phenoxy) is 1. The molecule has 0 saturated heterocycles. The number of benzene rings is 1. The van der Waals surface area contributed by atoms with Gasteiger partial charge in [0, 0.05) is 7.11 Å². The van der Waals surface area contributed by atoms with Gasteiger partial charge in [-0.05, 0) is 18.1 Å². The SMILES string of the molecule is COC1C=Cc2ccccc2[C@]1(C)O. The quantitative estimate of drug-likeness (QED) is 0.733. The monoisotopic (exact) mass is 190 g/mol. The highest BCUT2D eigenvalue weighted by molar-refractivity contribution is 5.59. The highest BCUT2D eigenvalue weighted by Crippen LogP contribution is 2.34. The molecule has 2 nitrogen and oxygen atoms in total. The minimum Gasteiger partial charge on any atom is -0.382 e. The Morgan fingerprint density at radius 1 is 1.36 bits per heavy atom. The number of methoxy groups -OCH3 is 1. The van der Waals surface area contributed by atoms with E-state index < -0.39 is 5.60 Å². The van der Waals surface area contributed by atoms with Crippen molar-refractivity contribution in [3.8, 4) is 0 Å². The van der Waals surface area contributed by atoms with Gasteiger partial charge in [-0.2, -0.15) is 0 Å². The van der Waals surface area contributed by atoms with E-state index in [0.717, 1.165) is 11.1 Å². The zero-order chi connectivity index (χ0) is 10.2. The van der Waals surface area contributed by atoms with E-state index in [-0.39, 0.29) is 6.10 Å². The minimum absolute atomic E-state index is 0.266. The maximum absolute atomic E-state index is 10.3. The number of aliphatic hydroxyl groups is 1. The Morgan fingerprint density at radius 2 is 2.07 bits per heavy atom. The summed E-state index contributed by atoms with van der Waals surface area (Å²) in [5.41, 5.74) is 1.06. The van der Waals surface area contributed by atoms with Crippen molar-refractivity contribution in [1.29, 1.82) is 0 Å². The second-order valence-corrected chi connectivity index (χ2v) is 3.75. The fourth-order valence-electron chi connectivity index (χ4n) is 1.94. The van der Waals surface area contributed by atoms with Crippen LogP contribution in [0.4, 0.5) is 0 Å². The molecule has 74 valence electrons. The summed E-state index contributed by atoms with van der Waals surface area (Å²) >= 11 is 0. The lowest BCUT2D eigenvalue weighted by atomic mass is 9.82. The molecule has 1 aromatic rings. The molecule has 1 aromatic carbocycles. The predicted octanol–water partition coefficient (Wildman–Crippen LogP) is 1.94. The molecule has 0 aliphatic heterocycles. The summed E-state index contributed by atoms with van der Waals surface area (Å²) in [6, 6.07) is 7.82. The minimum atomic E-state index is -0.930. The van der Waals surface area contributed by atoms with E-state index in [4.69, 9.17) is 4.74 Å². The Balaban J connectivity index is 2.54. The molecule has 0 heterocycles. The molecular weight excluding hydrogens is 176 g/mol. The summed E-state index contributed by atoms with van der Waals surface area (Å²) in [6.07, 6.45) is 3.61. The van der Waals surface area contributed by atoms with Crippen LogP contribution in [0.1, 0.15) is 18.1 Å². The first-order chi connectivity index (χ1) is 6.66. The first kappa shape index (κ1) is 9.44. The van der Waals surface area contributed by atoms with Crippen LogP contribution in [-0.4, -0.2) is 18.3 Å². The van der Waals surface area contributed by atoms with Gasteiger partial charge in [0.25, 0.3) is 0 Å². The molecule has 0 bridgehead atoms. The molecule has 0 amide bonds. The second kappa shape index (κ2) is 3.23. The van der Waals surface area contributed by atoms with Crippen LogP contribution in [0, 0.1) is 0 Å². The Labute approximate surface area is 83.8 Å². The van der Waals surface area contributed by atoms with Crippen molar-refractivity contribution < 1.29 is 9.84 Å². The van der Waals surface area contributed by atoms with Crippen molar-refractivity contribution in [2.45, 2.75) is 18.6 Å². The van der Waals surface area contributed by atoms with Gasteiger partial charge in [0.1, 0.15) is 11.7 Å². The first-order valence-electron chi connectivity index (χ1n) is 4.69. The van der Waals surface area contributed by atoms with Crippen molar-refractivity contribution in [2.75, 3.05) is 7.11 Å². The Kier molecular flexibility index (Phi) is 2.17. The van der Waals surface area contributed by atoms with Crippen LogP contribution in [0.2, 0.25) is 0 Å². The van der Waals surface area contributed by atoms with Gasteiger partial charge in [0.15, 0.2) is 0 Å². The average Bonchev–Trinajstić information content (AvgIpc) is 2.18. The summed E-state index contributed by atoms with van der Waals surface area (Å²) < 4.78 is 5.23. The Hall–Kier alpha value is -1.12. The highest BCUT2D eigenvalue weighted by atomic mass is 16.5. The van der Waals surface area contributed by atoms with Gasteiger partial charge < -0.3 is 9.84 Å². The lowest BCUT2D eigenvalue weighted by molar-refractivity contribution is -0.0635. The summed E-state index contributed by atoms with van der Waals surface area (Å²) in [5.74, 6) is 0. The standard InChI is InChI=1S/C12H14O2/c1-12(13)10-6-4-3-5-9(10)7-8-11(12)14-2/h3-8,11,13H,1-2H3/t11?,12-/m0/s1. The van der Waals surface area contributed by atoms with Crippen LogP contribution in [0.25, 0.3) is 6.08 Å². The lowest BCUT2D eigenvalue weighted by Gasteiger charge is -2.34. The zero-order valence-corrected chi connectivity index (χ0v) is 8.40. The fraction of sp³-hybridized carbons (Fsp3) is 0.333. The molecule has 14 heavy (non-hydrogen) atoms. The van der Waals surface area contributed by atoms with Gasteiger partial charge in [0.05, 0.1) is 0 Å². The second-order valence-electron chi connectivity index (χ2n) is 3.75. The van der Waals surface area contributed by atoms with Gasteiger partial charge in [-0.15, -0.1) is 0 Å². The molecule has 0 fully saturated rings. The molecule has 1 aliphatic carbocycles. The number of rotatable bonds is 1. The first-order valence-corrected chi connectivity index (χ1v) is 4.69. The summed E-state index contributed by atoms with van der Waals surface area (Å²) in [5, 5.41) is 10.3. The topological polar surface area (TPSA) is 29.5 Å². The number of hydrogen-bond acceptors (Lipinski definition) is 2. The van der Waals surface area contributed by atoms with Gasteiger partial charge in [-0.25, -0.2) is 0 Å². The molecule has 2 heteroatoms. The summed E-state index contributed by atoms with van der Waals surface area (Å²) in [6.45, 7) is 1.78. The van der Waals surface area contributed by atoms with E-state index in [1.54, 1.807) is 14.0 Å². The maximum atomic E-state index is 10.3. The van der Waals surface area contributed by atoms with E-state index >= 15 is 0 Å². The molecule has 1 aliphatic rings. The van der Waals surface area contributed by atoms with Crippen molar-refractivity contribution in [3.05, 3.63) is 41.5 Å². The van der Waals surface area contributed by atoms with Gasteiger partial charge in [-0.3, -0.25) is 0 Å². The van der Waals surface area contributed by atoms with E-state index in [1.807, 2.05) is 36.4 Å². The molecule has 2 atom stereocenters. The molecule has 0 radical (unpaired) electrons. The molecule has 1 N–H and O–H groups in total. The normalized spacial score (nSPS) is 30.1. The van der Waals surface area contributed by atoms with Crippen LogP contribution >= 0.6 is 0 Å². The van der Waals surface area contributed by atoms with Crippen molar-refractivity contribution in [2.24, 2.45) is 0 Å². The third-order valence-corrected chi connectivity index (χ3v) is 2.76. The van der Waals surface area contributed by atoms with Crippen LogP contribution in [-0.2, 0) is 10.3 Å². The lowest BCUT2D eigenvalue weighted by Crippen LogP contribution is -2.38. The Bertz CT molecular complexity index is 366. The molecule has 0 saturated carbocycles. The number of hydrogen-bond donors (Lipinski definition) is 1. The van der Waals surface area contributed by atoms with Crippen LogP contribution < -0.4 is 0 Å². The summed E-state index contributed by atoms with van der Waals surface area (Å²) in [7, 11) is 1.61. The van der Waals surface area contributed by atoms with Gasteiger partial charge in [0.2, 0.25) is 0 Å². The van der Waals surface area contributed by atoms with Gasteiger partial charge in [-0.1, -0.05) is 36.4 Å². The van der Waals surface area contributed by atoms with E-state index in [2.05, 4.69) is 0 Å². The summed E-state index contributed by atoms with van der Waals surface area (Å²) in [4.78, 5) is 0. The van der Waals surface area contributed by atoms with Crippen molar-refractivity contribution >= 4 is 6.08 Å². The van der Waals surface area contributed by atoms with E-state index in [1.165, 1.54) is 0 Å². The maximum Gasteiger partial charge on any atom is 0.117 e. The molecule has 2 rings (SSSR count). The van der Waals surface area contributed by atoms with Gasteiger partial charge >= 0.3 is 0 Å². The third-order valence-electron chi connectivity index (χ3n) is 2.76. The number of fused-ring (bicyclic) bond motifs is 1. The van der Waals surface area contributed by atoms with E-state index in [9.17, 15) is 5.11 Å². The third kappa shape index (κ3) is 1.27. The molecule has 1 unspecified atom stereocenters. The zero-order valence-electron chi connectivity index (χ0n) is 8.40. The van der Waals surface area contributed by atoms with Crippen molar-refractivity contribution in [3.63, 3.8) is 0 Å². The fourth-order valence-corrected chi connectivity index (χ4v) is 1.94. The smallest absolute Gasteiger partial charge is 0.117 e. The highest BCUT2D eigenvalue weighted by Gasteiger charge is 2.35. The average molecular weight is 190 g/mol. The largest absolute Gasteiger partial charge is 0.382 e. The predicted molar refractivity (Wildman–Crippen MR) is 55.8 cm³/mol. The van der Waals surface area contributed by atoms with Crippen LogP contribution in [0.5, 0.6) is 0 Å². The van der Waals surface area contributed by atoms with E-state index in [0.29, 0.717) is 0 Å². The molecule has 0 aromatic heterocycles. The van der Waals surface area contributed by atoms with Crippen LogP contribution in [0.3, 0.4) is 0 Å². The van der Waals surface area contributed by atoms with Crippen molar-refractivity contribution in [1.82, 2.24) is 0 Å². The molecular formula is C12H14O2.